The summed E-state index contributed by atoms with van der Waals surface area (Å²) in [5.74, 6) is -5.34. The lowest BCUT2D eigenvalue weighted by atomic mass is 9.94. The smallest absolute Gasteiger partial charge is 0.351 e. The van der Waals surface area contributed by atoms with Crippen molar-refractivity contribution in [3.05, 3.63) is 22.7 Å². The molecule has 20 heavy (non-hydrogen) atoms. The summed E-state index contributed by atoms with van der Waals surface area (Å²) in [5, 5.41) is 28.1. The Morgan fingerprint density at radius 3 is 2.55 bits per heavy atom. The molecule has 0 amide bonds. The summed E-state index contributed by atoms with van der Waals surface area (Å²) in [6, 6.07) is 1.07. The van der Waals surface area contributed by atoms with Crippen molar-refractivity contribution in [2.45, 2.75) is 31.6 Å². The van der Waals surface area contributed by atoms with Crippen LogP contribution in [0.1, 0.15) is 19.6 Å². The summed E-state index contributed by atoms with van der Waals surface area (Å²) in [4.78, 5) is 14.6. The van der Waals surface area contributed by atoms with Crippen LogP contribution in [0.2, 0.25) is 0 Å². The van der Waals surface area contributed by atoms with E-state index in [0.717, 1.165) is 12.3 Å². The maximum absolute atomic E-state index is 14.0. The first-order valence-electron chi connectivity index (χ1n) is 5.95. The molecule has 0 unspecified atom stereocenters. The third-order valence-corrected chi connectivity index (χ3v) is 3.06. The van der Waals surface area contributed by atoms with Gasteiger partial charge in [0.1, 0.15) is 11.9 Å². The van der Waals surface area contributed by atoms with Gasteiger partial charge in [0, 0.05) is 18.7 Å². The predicted molar refractivity (Wildman–Crippen MR) is 66.0 cm³/mol. The number of aliphatic hydroxyl groups is 3. The molecule has 0 aliphatic rings. The molecule has 0 spiro atoms. The van der Waals surface area contributed by atoms with Gasteiger partial charge in [-0.3, -0.25) is 4.57 Å². The minimum absolute atomic E-state index is 0.0782. The minimum atomic E-state index is -4.04. The van der Waals surface area contributed by atoms with Crippen LogP contribution >= 0.6 is 0 Å². The summed E-state index contributed by atoms with van der Waals surface area (Å²) in [6.45, 7) is 0.832. The van der Waals surface area contributed by atoms with Crippen molar-refractivity contribution in [3.8, 4) is 0 Å². The lowest BCUT2D eigenvalue weighted by Crippen LogP contribution is -2.49. The number of alkyl halides is 2. The molecule has 0 aliphatic heterocycles. The molecule has 0 saturated carbocycles. The average molecular weight is 293 g/mol. The maximum Gasteiger partial charge on any atom is 0.351 e. The fourth-order valence-corrected chi connectivity index (χ4v) is 1.72. The van der Waals surface area contributed by atoms with Crippen molar-refractivity contribution in [2.75, 3.05) is 12.3 Å². The summed E-state index contributed by atoms with van der Waals surface area (Å²) in [6.07, 6.45) is -3.99. The van der Waals surface area contributed by atoms with Crippen molar-refractivity contribution < 1.29 is 24.1 Å². The molecule has 0 aromatic carbocycles. The van der Waals surface area contributed by atoms with Crippen LogP contribution in [0.25, 0.3) is 0 Å². The fourth-order valence-electron chi connectivity index (χ4n) is 1.72. The number of nitrogen functional groups attached to an aromatic ring is 1. The molecule has 5 N–H and O–H groups in total. The van der Waals surface area contributed by atoms with Gasteiger partial charge < -0.3 is 21.1 Å². The van der Waals surface area contributed by atoms with E-state index >= 15 is 0 Å². The lowest BCUT2D eigenvalue weighted by Gasteiger charge is -2.31. The molecule has 3 atom stereocenters. The van der Waals surface area contributed by atoms with E-state index < -0.39 is 36.5 Å². The minimum Gasteiger partial charge on any atom is -0.396 e. The van der Waals surface area contributed by atoms with Gasteiger partial charge in [-0.25, -0.2) is 4.79 Å². The van der Waals surface area contributed by atoms with Gasteiger partial charge >= 0.3 is 11.6 Å². The molecule has 7 nitrogen and oxygen atoms in total. The quantitative estimate of drug-likeness (QED) is 0.552. The molecule has 0 fully saturated rings. The zero-order chi connectivity index (χ0) is 15.5. The van der Waals surface area contributed by atoms with Crippen LogP contribution in [0.15, 0.2) is 17.1 Å². The molecule has 0 radical (unpaired) electrons. The van der Waals surface area contributed by atoms with Gasteiger partial charge in [0.15, 0.2) is 0 Å². The van der Waals surface area contributed by atoms with Crippen molar-refractivity contribution in [3.63, 3.8) is 0 Å². The molecule has 114 valence electrons. The van der Waals surface area contributed by atoms with E-state index in [-0.39, 0.29) is 16.8 Å². The first-order valence-corrected chi connectivity index (χ1v) is 5.95. The van der Waals surface area contributed by atoms with E-state index in [9.17, 15) is 23.8 Å². The number of aromatic nitrogens is 2. The number of nitrogens with zero attached hydrogens (tertiary/aromatic N) is 2. The van der Waals surface area contributed by atoms with E-state index in [2.05, 4.69) is 4.98 Å². The highest BCUT2D eigenvalue weighted by Crippen LogP contribution is 2.34. The first kappa shape index (κ1) is 16.5. The number of aliphatic hydroxyl groups excluding tert-OH is 3. The zero-order valence-electron chi connectivity index (χ0n) is 10.8. The SMILES string of the molecule is CC[C@@H](CO)[C@@H](O)C(F)(F)[C@@H](O)n1ccc(N)nc1=O. The van der Waals surface area contributed by atoms with Gasteiger partial charge in [-0.15, -0.1) is 0 Å². The molecule has 0 saturated heterocycles. The first-order chi connectivity index (χ1) is 9.25. The molecule has 0 bridgehead atoms. The molecular formula is C11H17F2N3O4. The largest absolute Gasteiger partial charge is 0.396 e. The number of hydrogen-bond acceptors (Lipinski definition) is 6. The Hall–Kier alpha value is -1.58. The Kier molecular flexibility index (Phi) is 5.15. The molecule has 9 heteroatoms. The van der Waals surface area contributed by atoms with Gasteiger partial charge in [-0.1, -0.05) is 6.92 Å². The Bertz CT molecular complexity index is 505. The maximum atomic E-state index is 14.0. The van der Waals surface area contributed by atoms with Crippen LogP contribution in [-0.2, 0) is 0 Å². The third-order valence-electron chi connectivity index (χ3n) is 3.06. The van der Waals surface area contributed by atoms with Crippen LogP contribution in [-0.4, -0.2) is 43.5 Å². The third kappa shape index (κ3) is 3.11. The monoisotopic (exact) mass is 293 g/mol. The second kappa shape index (κ2) is 6.25. The Labute approximate surface area is 113 Å². The van der Waals surface area contributed by atoms with Crippen LogP contribution in [0.4, 0.5) is 14.6 Å². The Morgan fingerprint density at radius 1 is 1.50 bits per heavy atom. The number of rotatable bonds is 6. The molecular weight excluding hydrogens is 276 g/mol. The van der Waals surface area contributed by atoms with E-state index in [0.29, 0.717) is 0 Å². The fraction of sp³-hybridized carbons (Fsp3) is 0.636. The van der Waals surface area contributed by atoms with E-state index in [1.807, 2.05) is 0 Å². The second-order valence-corrected chi connectivity index (χ2v) is 4.39. The van der Waals surface area contributed by atoms with Gasteiger partial charge in [0.25, 0.3) is 0 Å². The molecule has 1 aromatic rings. The lowest BCUT2D eigenvalue weighted by molar-refractivity contribution is -0.220. The standard InChI is InChI=1S/C11H17F2N3O4/c1-2-6(5-17)8(18)11(12,13)9(19)16-4-3-7(14)15-10(16)20/h3-4,6,8-9,17-19H,2,5H2,1H3,(H2,14,15,20)/t6-,8+,9+/m0/s1. The second-order valence-electron chi connectivity index (χ2n) is 4.39. The predicted octanol–water partition coefficient (Wildman–Crippen LogP) is -0.669. The van der Waals surface area contributed by atoms with Crippen LogP contribution in [0.5, 0.6) is 0 Å². The number of halogens is 2. The van der Waals surface area contributed by atoms with Crippen LogP contribution in [0.3, 0.4) is 0 Å². The van der Waals surface area contributed by atoms with Crippen molar-refractivity contribution in [1.82, 2.24) is 9.55 Å². The van der Waals surface area contributed by atoms with E-state index in [1.165, 1.54) is 6.92 Å². The highest BCUT2D eigenvalue weighted by Gasteiger charge is 2.50. The van der Waals surface area contributed by atoms with Crippen molar-refractivity contribution >= 4 is 5.82 Å². The number of nitrogens with two attached hydrogens (primary N) is 1. The molecule has 0 aliphatic carbocycles. The topological polar surface area (TPSA) is 122 Å². The highest BCUT2D eigenvalue weighted by molar-refractivity contribution is 5.23. The summed E-state index contributed by atoms with van der Waals surface area (Å²) >= 11 is 0. The average Bonchev–Trinajstić information content (AvgIpc) is 2.39. The molecule has 1 heterocycles. The summed E-state index contributed by atoms with van der Waals surface area (Å²) in [5.41, 5.74) is 4.05. The van der Waals surface area contributed by atoms with E-state index in [1.54, 1.807) is 0 Å². The normalized spacial score (nSPS) is 16.7. The zero-order valence-corrected chi connectivity index (χ0v) is 10.8. The summed E-state index contributed by atoms with van der Waals surface area (Å²) < 4.78 is 28.2. The van der Waals surface area contributed by atoms with Crippen molar-refractivity contribution in [1.29, 1.82) is 0 Å². The van der Waals surface area contributed by atoms with Crippen molar-refractivity contribution in [2.24, 2.45) is 5.92 Å². The van der Waals surface area contributed by atoms with Gasteiger partial charge in [-0.05, 0) is 12.5 Å². The van der Waals surface area contributed by atoms with Crippen LogP contribution in [0, 0.1) is 5.92 Å². The van der Waals surface area contributed by atoms with Gasteiger partial charge in [0.2, 0.25) is 6.23 Å². The summed E-state index contributed by atoms with van der Waals surface area (Å²) in [7, 11) is 0. The number of anilines is 1. The van der Waals surface area contributed by atoms with Gasteiger partial charge in [0.05, 0.1) is 0 Å². The number of hydrogen-bond donors (Lipinski definition) is 4. The van der Waals surface area contributed by atoms with E-state index in [4.69, 9.17) is 10.8 Å². The highest BCUT2D eigenvalue weighted by atomic mass is 19.3. The molecule has 1 rings (SSSR count). The Morgan fingerprint density at radius 2 is 2.10 bits per heavy atom. The molecule has 1 aromatic heterocycles. The van der Waals surface area contributed by atoms with Crippen LogP contribution < -0.4 is 11.4 Å². The van der Waals surface area contributed by atoms with Gasteiger partial charge in [-0.2, -0.15) is 13.8 Å². The Balaban J connectivity index is 3.10.